The second-order valence-corrected chi connectivity index (χ2v) is 4.90. The van der Waals surface area contributed by atoms with Crippen molar-refractivity contribution in [2.75, 3.05) is 0 Å². The minimum atomic E-state index is -0.0704. The summed E-state index contributed by atoms with van der Waals surface area (Å²) < 4.78 is 0. The Morgan fingerprint density at radius 2 is 1.92 bits per heavy atom. The van der Waals surface area contributed by atoms with E-state index in [9.17, 15) is 0 Å². The maximum atomic E-state index is 6.31. The fraction of sp³-hybridized carbons (Fsp3) is 0.500. The quantitative estimate of drug-likeness (QED) is 0.697. The Hall–Kier alpha value is -0.820. The Labute approximate surface area is 80.0 Å². The van der Waals surface area contributed by atoms with Gasteiger partial charge in [-0.25, -0.2) is 0 Å². The highest BCUT2D eigenvalue weighted by Gasteiger charge is 2.59. The second kappa shape index (κ2) is 2.36. The van der Waals surface area contributed by atoms with Crippen molar-refractivity contribution >= 4 is 0 Å². The summed E-state index contributed by atoms with van der Waals surface area (Å²) in [6.07, 6.45) is 1.10. The fourth-order valence-corrected chi connectivity index (χ4v) is 2.07. The largest absolute Gasteiger partial charge is 0.321 e. The lowest BCUT2D eigenvalue weighted by Crippen LogP contribution is -2.25. The predicted molar refractivity (Wildman–Crippen MR) is 55.4 cm³/mol. The monoisotopic (exact) mass is 175 g/mol. The molecule has 0 radical (unpaired) electrons. The molecule has 1 heteroatoms. The smallest absolute Gasteiger partial charge is 0.0468 e. The van der Waals surface area contributed by atoms with Crippen LogP contribution in [-0.2, 0) is 5.54 Å². The molecule has 13 heavy (non-hydrogen) atoms. The number of aryl methyl sites for hydroxylation is 1. The van der Waals surface area contributed by atoms with Gasteiger partial charge in [0.1, 0.15) is 0 Å². The number of rotatable bonds is 1. The van der Waals surface area contributed by atoms with Gasteiger partial charge in [-0.15, -0.1) is 0 Å². The van der Waals surface area contributed by atoms with Gasteiger partial charge in [0.05, 0.1) is 0 Å². The van der Waals surface area contributed by atoms with Crippen LogP contribution in [-0.4, -0.2) is 0 Å². The lowest BCUT2D eigenvalue weighted by atomic mass is 9.96. The summed E-state index contributed by atoms with van der Waals surface area (Å²) in [5, 5.41) is 0. The van der Waals surface area contributed by atoms with Gasteiger partial charge in [0.25, 0.3) is 0 Å². The Morgan fingerprint density at radius 3 is 2.38 bits per heavy atom. The third kappa shape index (κ3) is 1.19. The minimum Gasteiger partial charge on any atom is -0.321 e. The molecule has 2 N–H and O–H groups in total. The molecular formula is C12H17N. The van der Waals surface area contributed by atoms with Crippen LogP contribution < -0.4 is 5.73 Å². The minimum absolute atomic E-state index is 0.0704. The molecule has 1 aliphatic rings. The zero-order valence-corrected chi connectivity index (χ0v) is 8.59. The topological polar surface area (TPSA) is 26.0 Å². The van der Waals surface area contributed by atoms with E-state index in [1.54, 1.807) is 0 Å². The van der Waals surface area contributed by atoms with E-state index in [-0.39, 0.29) is 11.0 Å². The van der Waals surface area contributed by atoms with Crippen molar-refractivity contribution in [3.05, 3.63) is 35.4 Å². The van der Waals surface area contributed by atoms with Crippen LogP contribution >= 0.6 is 0 Å². The van der Waals surface area contributed by atoms with Gasteiger partial charge in [-0.3, -0.25) is 0 Å². The van der Waals surface area contributed by atoms with Crippen molar-refractivity contribution in [1.82, 2.24) is 0 Å². The van der Waals surface area contributed by atoms with Crippen LogP contribution in [0.3, 0.4) is 0 Å². The van der Waals surface area contributed by atoms with Gasteiger partial charge in [0, 0.05) is 5.54 Å². The van der Waals surface area contributed by atoms with Gasteiger partial charge >= 0.3 is 0 Å². The highest BCUT2D eigenvalue weighted by atomic mass is 14.9. The zero-order valence-electron chi connectivity index (χ0n) is 8.59. The van der Waals surface area contributed by atoms with Gasteiger partial charge in [0.15, 0.2) is 0 Å². The zero-order chi connectivity index (χ0) is 9.69. The van der Waals surface area contributed by atoms with Crippen molar-refractivity contribution in [2.45, 2.75) is 32.7 Å². The molecule has 1 saturated carbocycles. The average molecular weight is 175 g/mol. The molecule has 0 amide bonds. The molecule has 1 unspecified atom stereocenters. The third-order valence-electron chi connectivity index (χ3n) is 3.34. The van der Waals surface area contributed by atoms with Gasteiger partial charge in [0.2, 0.25) is 0 Å². The molecule has 0 saturated heterocycles. The summed E-state index contributed by atoms with van der Waals surface area (Å²) in [6.45, 7) is 6.58. The van der Waals surface area contributed by atoms with E-state index in [1.807, 2.05) is 0 Å². The Morgan fingerprint density at radius 1 is 1.31 bits per heavy atom. The molecule has 70 valence electrons. The highest BCUT2D eigenvalue weighted by Crippen LogP contribution is 2.60. The maximum Gasteiger partial charge on any atom is 0.0468 e. The van der Waals surface area contributed by atoms with Crippen molar-refractivity contribution in [3.8, 4) is 0 Å². The molecule has 0 bridgehead atoms. The number of benzene rings is 1. The Kier molecular flexibility index (Phi) is 1.59. The molecule has 1 aromatic rings. The molecule has 0 spiro atoms. The highest BCUT2D eigenvalue weighted by molar-refractivity contribution is 5.37. The summed E-state index contributed by atoms with van der Waals surface area (Å²) in [7, 11) is 0. The first kappa shape index (κ1) is 8.76. The molecule has 1 aliphatic carbocycles. The van der Waals surface area contributed by atoms with E-state index < -0.39 is 0 Å². The Balaban J connectivity index is 2.38. The SMILES string of the molecule is Cc1cccc(C2(N)CC2(C)C)c1. The lowest BCUT2D eigenvalue weighted by molar-refractivity contribution is 0.510. The van der Waals surface area contributed by atoms with Crippen molar-refractivity contribution < 1.29 is 0 Å². The molecular weight excluding hydrogens is 158 g/mol. The van der Waals surface area contributed by atoms with Gasteiger partial charge in [-0.1, -0.05) is 43.7 Å². The Bertz CT molecular complexity index is 341. The third-order valence-corrected chi connectivity index (χ3v) is 3.34. The molecule has 0 heterocycles. The van der Waals surface area contributed by atoms with Crippen LogP contribution in [0.15, 0.2) is 24.3 Å². The van der Waals surface area contributed by atoms with Gasteiger partial charge in [-0.05, 0) is 24.3 Å². The molecule has 1 aromatic carbocycles. The molecule has 0 aromatic heterocycles. The molecule has 1 fully saturated rings. The first-order valence-electron chi connectivity index (χ1n) is 4.82. The number of hydrogen-bond acceptors (Lipinski definition) is 1. The molecule has 1 atom stereocenters. The normalized spacial score (nSPS) is 30.2. The molecule has 2 rings (SSSR count). The van der Waals surface area contributed by atoms with Crippen molar-refractivity contribution in [3.63, 3.8) is 0 Å². The van der Waals surface area contributed by atoms with Gasteiger partial charge < -0.3 is 5.73 Å². The van der Waals surface area contributed by atoms with E-state index in [2.05, 4.69) is 45.0 Å². The summed E-state index contributed by atoms with van der Waals surface area (Å²) in [5.41, 5.74) is 9.11. The number of hydrogen-bond donors (Lipinski definition) is 1. The van der Waals surface area contributed by atoms with E-state index in [0.717, 1.165) is 6.42 Å². The number of nitrogens with two attached hydrogens (primary N) is 1. The van der Waals surface area contributed by atoms with Crippen LogP contribution in [0.25, 0.3) is 0 Å². The molecule has 1 nitrogen and oxygen atoms in total. The second-order valence-electron chi connectivity index (χ2n) is 4.90. The van der Waals surface area contributed by atoms with Crippen LogP contribution in [0, 0.1) is 12.3 Å². The summed E-state index contributed by atoms with van der Waals surface area (Å²) >= 11 is 0. The van der Waals surface area contributed by atoms with Crippen LogP contribution in [0.4, 0.5) is 0 Å². The van der Waals surface area contributed by atoms with Crippen LogP contribution in [0.1, 0.15) is 31.4 Å². The van der Waals surface area contributed by atoms with Crippen LogP contribution in [0.5, 0.6) is 0 Å². The summed E-state index contributed by atoms with van der Waals surface area (Å²) in [5.74, 6) is 0. The van der Waals surface area contributed by atoms with E-state index in [0.29, 0.717) is 0 Å². The van der Waals surface area contributed by atoms with E-state index in [1.165, 1.54) is 11.1 Å². The van der Waals surface area contributed by atoms with Crippen molar-refractivity contribution in [1.29, 1.82) is 0 Å². The molecule has 0 aliphatic heterocycles. The predicted octanol–water partition coefficient (Wildman–Crippen LogP) is 2.58. The van der Waals surface area contributed by atoms with Crippen molar-refractivity contribution in [2.24, 2.45) is 11.1 Å². The first-order chi connectivity index (χ1) is 5.96. The first-order valence-corrected chi connectivity index (χ1v) is 4.82. The average Bonchev–Trinajstić information content (AvgIpc) is 2.53. The summed E-state index contributed by atoms with van der Waals surface area (Å²) in [6, 6.07) is 8.55. The van der Waals surface area contributed by atoms with E-state index >= 15 is 0 Å². The van der Waals surface area contributed by atoms with E-state index in [4.69, 9.17) is 5.73 Å². The van der Waals surface area contributed by atoms with Crippen LogP contribution in [0.2, 0.25) is 0 Å². The van der Waals surface area contributed by atoms with Gasteiger partial charge in [-0.2, -0.15) is 0 Å². The maximum absolute atomic E-state index is 6.31. The fourth-order valence-electron chi connectivity index (χ4n) is 2.07. The lowest BCUT2D eigenvalue weighted by Gasteiger charge is -2.15. The summed E-state index contributed by atoms with van der Waals surface area (Å²) in [4.78, 5) is 0. The standard InChI is InChI=1S/C12H17N/c1-9-5-4-6-10(7-9)12(13)8-11(12,2)3/h4-7H,8,13H2,1-3H3.